The van der Waals surface area contributed by atoms with Crippen molar-refractivity contribution in [1.82, 2.24) is 14.5 Å². The van der Waals surface area contributed by atoms with Gasteiger partial charge >= 0.3 is 0 Å². The van der Waals surface area contributed by atoms with Crippen LogP contribution in [0.1, 0.15) is 39.5 Å². The first kappa shape index (κ1) is 14.1. The normalized spacial score (nSPS) is 17.1. The zero-order valence-electron chi connectivity index (χ0n) is 12.1. The molecule has 106 valence electrons. The summed E-state index contributed by atoms with van der Waals surface area (Å²) in [6.45, 7) is 7.10. The fourth-order valence-corrected chi connectivity index (χ4v) is 2.92. The van der Waals surface area contributed by atoms with E-state index in [2.05, 4.69) is 28.3 Å². The van der Waals surface area contributed by atoms with Crippen LogP contribution >= 0.6 is 0 Å². The Bertz CT molecular complexity index is 376. The van der Waals surface area contributed by atoms with E-state index < -0.39 is 0 Å². The second-order valence-corrected chi connectivity index (χ2v) is 5.54. The van der Waals surface area contributed by atoms with Crippen LogP contribution in [0.25, 0.3) is 0 Å². The van der Waals surface area contributed by atoms with Gasteiger partial charge in [0.1, 0.15) is 0 Å². The summed E-state index contributed by atoms with van der Waals surface area (Å²) in [6, 6.07) is 0. The number of imidazole rings is 1. The van der Waals surface area contributed by atoms with E-state index in [0.29, 0.717) is 11.8 Å². The molecule has 0 N–H and O–H groups in total. The first-order valence-corrected chi connectivity index (χ1v) is 7.49. The van der Waals surface area contributed by atoms with Gasteiger partial charge in [-0.2, -0.15) is 0 Å². The highest BCUT2D eigenvalue weighted by atomic mass is 16.2. The van der Waals surface area contributed by atoms with Gasteiger partial charge in [-0.25, -0.2) is 4.98 Å². The van der Waals surface area contributed by atoms with E-state index in [1.54, 1.807) is 0 Å². The minimum atomic E-state index is 0.227. The minimum absolute atomic E-state index is 0.227. The summed E-state index contributed by atoms with van der Waals surface area (Å²) in [7, 11) is 0. The maximum Gasteiger partial charge on any atom is 0.225 e. The first-order chi connectivity index (χ1) is 9.24. The zero-order valence-corrected chi connectivity index (χ0v) is 12.1. The van der Waals surface area contributed by atoms with Crippen LogP contribution in [0.2, 0.25) is 0 Å². The van der Waals surface area contributed by atoms with Crippen LogP contribution in [0.5, 0.6) is 0 Å². The lowest BCUT2D eigenvalue weighted by Crippen LogP contribution is -2.42. The highest BCUT2D eigenvalue weighted by Crippen LogP contribution is 2.22. The smallest absolute Gasteiger partial charge is 0.225 e. The van der Waals surface area contributed by atoms with Crippen LogP contribution in [0.3, 0.4) is 0 Å². The topological polar surface area (TPSA) is 38.1 Å². The predicted molar refractivity (Wildman–Crippen MR) is 75.6 cm³/mol. The van der Waals surface area contributed by atoms with Crippen molar-refractivity contribution in [3.63, 3.8) is 0 Å². The molecule has 0 saturated carbocycles. The predicted octanol–water partition coefficient (Wildman–Crippen LogP) is 2.56. The van der Waals surface area contributed by atoms with E-state index in [4.69, 9.17) is 0 Å². The molecule has 0 radical (unpaired) electrons. The molecule has 4 heteroatoms. The Labute approximate surface area is 115 Å². The van der Waals surface area contributed by atoms with E-state index in [0.717, 1.165) is 45.3 Å². The molecule has 0 spiro atoms. The van der Waals surface area contributed by atoms with E-state index in [1.807, 2.05) is 18.7 Å². The Hall–Kier alpha value is -1.32. The summed E-state index contributed by atoms with van der Waals surface area (Å²) in [5.41, 5.74) is 0. The highest BCUT2D eigenvalue weighted by Gasteiger charge is 2.26. The second kappa shape index (κ2) is 6.73. The third-order valence-electron chi connectivity index (χ3n) is 4.29. The number of carbonyl (C=O) groups excluding carboxylic acids is 1. The number of aromatic nitrogens is 2. The number of piperidine rings is 1. The molecular weight excluding hydrogens is 238 g/mol. The van der Waals surface area contributed by atoms with E-state index >= 15 is 0 Å². The van der Waals surface area contributed by atoms with Crippen LogP contribution in [0.15, 0.2) is 18.7 Å². The maximum atomic E-state index is 12.3. The molecule has 2 heterocycles. The van der Waals surface area contributed by atoms with E-state index in [9.17, 15) is 4.79 Å². The highest BCUT2D eigenvalue weighted by molar-refractivity contribution is 5.78. The number of nitrogens with zero attached hydrogens (tertiary/aromatic N) is 3. The molecule has 1 aromatic heterocycles. The molecule has 0 atom stereocenters. The van der Waals surface area contributed by atoms with Crippen molar-refractivity contribution in [2.24, 2.45) is 11.8 Å². The molecule has 0 bridgehead atoms. The molecule has 0 aromatic carbocycles. The number of rotatable bonds is 5. The molecule has 0 unspecified atom stereocenters. The van der Waals surface area contributed by atoms with Crippen molar-refractivity contribution in [3.8, 4) is 0 Å². The minimum Gasteiger partial charge on any atom is -0.342 e. The van der Waals surface area contributed by atoms with Gasteiger partial charge in [-0.3, -0.25) is 4.79 Å². The molecule has 2 rings (SSSR count). The van der Waals surface area contributed by atoms with Crippen LogP contribution in [0, 0.1) is 11.8 Å². The molecule has 1 amide bonds. The van der Waals surface area contributed by atoms with Gasteiger partial charge < -0.3 is 9.47 Å². The maximum absolute atomic E-state index is 12.3. The van der Waals surface area contributed by atoms with Crippen molar-refractivity contribution in [2.45, 2.75) is 46.1 Å². The third-order valence-corrected chi connectivity index (χ3v) is 4.29. The van der Waals surface area contributed by atoms with Gasteiger partial charge in [0.25, 0.3) is 0 Å². The van der Waals surface area contributed by atoms with Crippen molar-refractivity contribution in [3.05, 3.63) is 18.7 Å². The lowest BCUT2D eigenvalue weighted by atomic mass is 9.94. The monoisotopic (exact) mass is 263 g/mol. The van der Waals surface area contributed by atoms with Gasteiger partial charge in [0.15, 0.2) is 0 Å². The van der Waals surface area contributed by atoms with Crippen LogP contribution in [0.4, 0.5) is 0 Å². The molecule has 19 heavy (non-hydrogen) atoms. The molecule has 1 aliphatic rings. The molecule has 1 aliphatic heterocycles. The van der Waals surface area contributed by atoms with Gasteiger partial charge in [0.05, 0.1) is 6.33 Å². The Morgan fingerprint density at radius 2 is 2.00 bits per heavy atom. The van der Waals surface area contributed by atoms with Gasteiger partial charge in [-0.15, -0.1) is 0 Å². The standard InChI is InChI=1S/C15H25N3O/c1-3-14(4-2)15(19)18-8-5-13(6-9-18)11-17-10-7-16-12-17/h7,10,12-14H,3-6,8-9,11H2,1-2H3. The number of likely N-dealkylation sites (tertiary alicyclic amines) is 1. The Kier molecular flexibility index (Phi) is 5.00. The van der Waals surface area contributed by atoms with Crippen molar-refractivity contribution < 1.29 is 4.79 Å². The Morgan fingerprint density at radius 1 is 1.32 bits per heavy atom. The summed E-state index contributed by atoms with van der Waals surface area (Å²) in [6.07, 6.45) is 9.87. The quantitative estimate of drug-likeness (QED) is 0.819. The van der Waals surface area contributed by atoms with Gasteiger partial charge in [-0.05, 0) is 31.6 Å². The largest absolute Gasteiger partial charge is 0.342 e. The zero-order chi connectivity index (χ0) is 13.7. The van der Waals surface area contributed by atoms with Crippen molar-refractivity contribution in [1.29, 1.82) is 0 Å². The van der Waals surface area contributed by atoms with Crippen molar-refractivity contribution >= 4 is 5.91 Å². The summed E-state index contributed by atoms with van der Waals surface area (Å²) < 4.78 is 2.14. The SMILES string of the molecule is CCC(CC)C(=O)N1CCC(Cn2ccnc2)CC1. The summed E-state index contributed by atoms with van der Waals surface area (Å²) in [5.74, 6) is 1.27. The van der Waals surface area contributed by atoms with Gasteiger partial charge in [-0.1, -0.05) is 13.8 Å². The van der Waals surface area contributed by atoms with E-state index in [-0.39, 0.29) is 5.92 Å². The number of hydrogen-bond acceptors (Lipinski definition) is 2. The molecule has 1 saturated heterocycles. The lowest BCUT2D eigenvalue weighted by Gasteiger charge is -2.34. The molecule has 4 nitrogen and oxygen atoms in total. The first-order valence-electron chi connectivity index (χ1n) is 7.49. The average Bonchev–Trinajstić information content (AvgIpc) is 2.94. The summed E-state index contributed by atoms with van der Waals surface area (Å²) >= 11 is 0. The average molecular weight is 263 g/mol. The van der Waals surface area contributed by atoms with Crippen LogP contribution < -0.4 is 0 Å². The van der Waals surface area contributed by atoms with Crippen LogP contribution in [-0.4, -0.2) is 33.4 Å². The number of carbonyl (C=O) groups is 1. The molecule has 0 aliphatic carbocycles. The third kappa shape index (κ3) is 3.58. The fraction of sp³-hybridized carbons (Fsp3) is 0.733. The fourth-order valence-electron chi connectivity index (χ4n) is 2.92. The molecule has 1 fully saturated rings. The van der Waals surface area contributed by atoms with Crippen LogP contribution in [-0.2, 0) is 11.3 Å². The lowest BCUT2D eigenvalue weighted by molar-refractivity contribution is -0.137. The summed E-state index contributed by atoms with van der Waals surface area (Å²) in [4.78, 5) is 18.4. The molecule has 1 aromatic rings. The van der Waals surface area contributed by atoms with E-state index in [1.165, 1.54) is 0 Å². The molecular formula is C15H25N3O. The Balaban J connectivity index is 1.80. The van der Waals surface area contributed by atoms with Gasteiger partial charge in [0, 0.05) is 37.9 Å². The summed E-state index contributed by atoms with van der Waals surface area (Å²) in [5, 5.41) is 0. The Morgan fingerprint density at radius 3 is 2.53 bits per heavy atom. The van der Waals surface area contributed by atoms with Gasteiger partial charge in [0.2, 0.25) is 5.91 Å². The number of amides is 1. The number of hydrogen-bond donors (Lipinski definition) is 0. The van der Waals surface area contributed by atoms with Crippen molar-refractivity contribution in [2.75, 3.05) is 13.1 Å². The second-order valence-electron chi connectivity index (χ2n) is 5.54.